The summed E-state index contributed by atoms with van der Waals surface area (Å²) < 4.78 is 21.8. The predicted molar refractivity (Wildman–Crippen MR) is 68.4 cm³/mol. The van der Waals surface area contributed by atoms with E-state index in [0.29, 0.717) is 0 Å². The van der Waals surface area contributed by atoms with Crippen molar-refractivity contribution in [3.05, 3.63) is 0 Å². The molecule has 1 rings (SSSR count). The van der Waals surface area contributed by atoms with Crippen molar-refractivity contribution < 1.29 is 18.3 Å². The normalized spacial score (nSPS) is 41.8. The molecular formula is C8H19O4P3. The Morgan fingerprint density at radius 3 is 1.93 bits per heavy atom. The molecule has 0 aromatic rings. The maximum atomic E-state index is 5.81. The summed E-state index contributed by atoms with van der Waals surface area (Å²) in [6.45, 7) is 4.04. The maximum Gasteiger partial charge on any atom is 0.119 e. The van der Waals surface area contributed by atoms with Crippen molar-refractivity contribution in [2.75, 3.05) is 0 Å². The number of rotatable bonds is 4. The zero-order valence-corrected chi connectivity index (χ0v) is 12.4. The van der Waals surface area contributed by atoms with Crippen LogP contribution in [0.25, 0.3) is 0 Å². The number of hydrogen-bond acceptors (Lipinski definition) is 4. The van der Waals surface area contributed by atoms with Crippen molar-refractivity contribution in [2.24, 2.45) is 0 Å². The van der Waals surface area contributed by atoms with Gasteiger partial charge in [0.1, 0.15) is 18.3 Å². The molecule has 7 heteroatoms. The standard InChI is InChI=1S/C8H19O4P3/c1-3-5-7(11-14)8(12-15)6(10-13)4(2)9-5/h4-8H,3,13-15H2,1-2H3. The topological polar surface area (TPSA) is 36.9 Å². The van der Waals surface area contributed by atoms with Crippen LogP contribution in [0, 0.1) is 0 Å². The van der Waals surface area contributed by atoms with Gasteiger partial charge >= 0.3 is 0 Å². The summed E-state index contributed by atoms with van der Waals surface area (Å²) in [5.74, 6) is 0. The van der Waals surface area contributed by atoms with Gasteiger partial charge in [-0.2, -0.15) is 0 Å². The Kier molecular flexibility index (Phi) is 6.40. The van der Waals surface area contributed by atoms with E-state index in [0.717, 1.165) is 6.42 Å². The quantitative estimate of drug-likeness (QED) is 0.730. The van der Waals surface area contributed by atoms with E-state index in [-0.39, 0.29) is 30.5 Å². The molecule has 0 bridgehead atoms. The van der Waals surface area contributed by atoms with E-state index in [1.807, 2.05) is 6.92 Å². The fourth-order valence-electron chi connectivity index (χ4n) is 1.93. The molecule has 1 heterocycles. The molecule has 8 atom stereocenters. The first kappa shape index (κ1) is 14.2. The third kappa shape index (κ3) is 3.07. The van der Waals surface area contributed by atoms with Gasteiger partial charge in [-0.15, -0.1) is 0 Å². The summed E-state index contributed by atoms with van der Waals surface area (Å²) >= 11 is 0. The molecule has 8 unspecified atom stereocenters. The van der Waals surface area contributed by atoms with Crippen LogP contribution in [-0.4, -0.2) is 30.5 Å². The Balaban J connectivity index is 2.80. The van der Waals surface area contributed by atoms with Crippen LogP contribution in [0.1, 0.15) is 20.3 Å². The molecule has 90 valence electrons. The molecule has 0 aliphatic carbocycles. The molecule has 0 saturated carbocycles. The maximum absolute atomic E-state index is 5.81. The molecular weight excluding hydrogens is 253 g/mol. The van der Waals surface area contributed by atoms with Gasteiger partial charge in [0.2, 0.25) is 0 Å². The van der Waals surface area contributed by atoms with E-state index in [2.05, 4.69) is 35.3 Å². The highest BCUT2D eigenvalue weighted by atomic mass is 31.0. The lowest BCUT2D eigenvalue weighted by Crippen LogP contribution is -2.57. The molecule has 0 amide bonds. The molecule has 1 saturated heterocycles. The Morgan fingerprint density at radius 2 is 1.53 bits per heavy atom. The van der Waals surface area contributed by atoms with Crippen molar-refractivity contribution in [2.45, 2.75) is 50.8 Å². The minimum atomic E-state index is -0.140. The molecule has 0 spiro atoms. The van der Waals surface area contributed by atoms with E-state index in [1.54, 1.807) is 0 Å². The van der Waals surface area contributed by atoms with E-state index in [1.165, 1.54) is 0 Å². The SMILES string of the molecule is CCC1OC(C)C(OP)C(OP)C1OP. The highest BCUT2D eigenvalue weighted by Gasteiger charge is 2.44. The summed E-state index contributed by atoms with van der Waals surface area (Å²) in [5, 5.41) is 0. The van der Waals surface area contributed by atoms with Crippen molar-refractivity contribution >= 4 is 28.4 Å². The molecule has 1 fully saturated rings. The van der Waals surface area contributed by atoms with Crippen LogP contribution in [0.4, 0.5) is 0 Å². The van der Waals surface area contributed by atoms with Gasteiger partial charge in [-0.25, -0.2) is 0 Å². The van der Waals surface area contributed by atoms with Crippen molar-refractivity contribution in [3.8, 4) is 0 Å². The summed E-state index contributed by atoms with van der Waals surface area (Å²) in [6, 6.07) is 0. The van der Waals surface area contributed by atoms with E-state index in [4.69, 9.17) is 18.3 Å². The van der Waals surface area contributed by atoms with Gasteiger partial charge in [0.25, 0.3) is 0 Å². The Labute approximate surface area is 98.0 Å². The first-order valence-corrected chi connectivity index (χ1v) is 6.33. The Bertz CT molecular complexity index is 195. The fraction of sp³-hybridized carbons (Fsp3) is 1.00. The van der Waals surface area contributed by atoms with Crippen LogP contribution >= 0.6 is 28.4 Å². The lowest BCUT2D eigenvalue weighted by Gasteiger charge is -2.43. The van der Waals surface area contributed by atoms with Gasteiger partial charge in [0, 0.05) is 28.4 Å². The molecule has 0 N–H and O–H groups in total. The highest BCUT2D eigenvalue weighted by Crippen LogP contribution is 2.32. The smallest absolute Gasteiger partial charge is 0.119 e. The Morgan fingerprint density at radius 1 is 1.00 bits per heavy atom. The first-order valence-electron chi connectivity index (χ1n) is 4.91. The van der Waals surface area contributed by atoms with Crippen LogP contribution < -0.4 is 0 Å². The van der Waals surface area contributed by atoms with Crippen molar-refractivity contribution in [3.63, 3.8) is 0 Å². The zero-order chi connectivity index (χ0) is 11.4. The lowest BCUT2D eigenvalue weighted by atomic mass is 9.94. The molecule has 0 aromatic heterocycles. The zero-order valence-electron chi connectivity index (χ0n) is 8.96. The molecule has 0 radical (unpaired) electrons. The summed E-state index contributed by atoms with van der Waals surface area (Å²) in [4.78, 5) is 0. The number of hydrogen-bond donors (Lipinski definition) is 0. The van der Waals surface area contributed by atoms with Crippen molar-refractivity contribution in [1.29, 1.82) is 0 Å². The Hall–Kier alpha value is 1.13. The second-order valence-electron chi connectivity index (χ2n) is 3.59. The van der Waals surface area contributed by atoms with Gasteiger partial charge in [-0.1, -0.05) is 6.92 Å². The first-order chi connectivity index (χ1) is 7.19. The van der Waals surface area contributed by atoms with Crippen LogP contribution in [0.3, 0.4) is 0 Å². The second-order valence-corrected chi connectivity index (χ2v) is 4.41. The van der Waals surface area contributed by atoms with Gasteiger partial charge in [0.05, 0.1) is 12.2 Å². The van der Waals surface area contributed by atoms with E-state index < -0.39 is 0 Å². The minimum absolute atomic E-state index is 0.00519. The molecule has 0 aromatic carbocycles. The van der Waals surface area contributed by atoms with Crippen LogP contribution in [-0.2, 0) is 18.3 Å². The third-order valence-corrected chi connectivity index (χ3v) is 3.68. The summed E-state index contributed by atoms with van der Waals surface area (Å²) in [6.07, 6.45) is 0.519. The highest BCUT2D eigenvalue weighted by molar-refractivity contribution is 7.10. The fourth-order valence-corrected chi connectivity index (χ4v) is 2.95. The molecule has 15 heavy (non-hydrogen) atoms. The average Bonchev–Trinajstić information content (AvgIpc) is 2.27. The molecule has 4 nitrogen and oxygen atoms in total. The minimum Gasteiger partial charge on any atom is -0.370 e. The predicted octanol–water partition coefficient (Wildman–Crippen LogP) is 1.71. The van der Waals surface area contributed by atoms with Crippen LogP contribution in [0.15, 0.2) is 0 Å². The lowest BCUT2D eigenvalue weighted by molar-refractivity contribution is -0.187. The van der Waals surface area contributed by atoms with Crippen LogP contribution in [0.2, 0.25) is 0 Å². The van der Waals surface area contributed by atoms with Gasteiger partial charge in [-0.05, 0) is 13.3 Å². The third-order valence-electron chi connectivity index (χ3n) is 2.74. The summed E-state index contributed by atoms with van der Waals surface area (Å²) in [7, 11) is 6.80. The van der Waals surface area contributed by atoms with Crippen molar-refractivity contribution in [1.82, 2.24) is 0 Å². The van der Waals surface area contributed by atoms with Gasteiger partial charge < -0.3 is 18.3 Å². The second kappa shape index (κ2) is 6.77. The largest absolute Gasteiger partial charge is 0.370 e. The molecule has 1 aliphatic rings. The van der Waals surface area contributed by atoms with Gasteiger partial charge in [0.15, 0.2) is 0 Å². The monoisotopic (exact) mass is 272 g/mol. The summed E-state index contributed by atoms with van der Waals surface area (Å²) in [5.41, 5.74) is 0. The van der Waals surface area contributed by atoms with Gasteiger partial charge in [-0.3, -0.25) is 0 Å². The van der Waals surface area contributed by atoms with Crippen LogP contribution in [0.5, 0.6) is 0 Å². The number of ether oxygens (including phenoxy) is 1. The van der Waals surface area contributed by atoms with E-state index in [9.17, 15) is 0 Å². The average molecular weight is 272 g/mol. The molecule has 1 aliphatic heterocycles. The van der Waals surface area contributed by atoms with E-state index >= 15 is 0 Å².